The van der Waals surface area contributed by atoms with E-state index in [9.17, 15) is 4.79 Å². The van der Waals surface area contributed by atoms with E-state index in [4.69, 9.17) is 4.42 Å². The number of amides is 1. The molecular formula is C14H18N4O2. The molecule has 0 aliphatic carbocycles. The van der Waals surface area contributed by atoms with Gasteiger partial charge in [0.05, 0.1) is 6.26 Å². The molecule has 3 rings (SSSR count). The van der Waals surface area contributed by atoms with E-state index in [1.54, 1.807) is 18.4 Å². The van der Waals surface area contributed by atoms with Crippen LogP contribution in [0.5, 0.6) is 0 Å². The van der Waals surface area contributed by atoms with E-state index in [1.807, 2.05) is 18.0 Å². The largest absolute Gasteiger partial charge is 0.463 e. The number of carbonyl (C=O) groups excluding carboxylic acids is 1. The molecule has 1 aliphatic rings. The summed E-state index contributed by atoms with van der Waals surface area (Å²) in [6.45, 7) is 1.62. The molecule has 3 heterocycles. The Labute approximate surface area is 117 Å². The topological polar surface area (TPSA) is 74.2 Å². The summed E-state index contributed by atoms with van der Waals surface area (Å²) in [6, 6.07) is 5.65. The molecule has 106 valence electrons. The molecule has 2 aromatic heterocycles. The van der Waals surface area contributed by atoms with Gasteiger partial charge < -0.3 is 14.6 Å². The molecule has 6 nitrogen and oxygen atoms in total. The average molecular weight is 274 g/mol. The van der Waals surface area contributed by atoms with Crippen molar-refractivity contribution in [3.05, 3.63) is 30.2 Å². The van der Waals surface area contributed by atoms with E-state index in [-0.39, 0.29) is 11.9 Å². The highest BCUT2D eigenvalue weighted by atomic mass is 16.3. The van der Waals surface area contributed by atoms with E-state index >= 15 is 0 Å². The van der Waals surface area contributed by atoms with Crippen LogP contribution in [0.3, 0.4) is 0 Å². The van der Waals surface area contributed by atoms with E-state index in [0.29, 0.717) is 11.5 Å². The van der Waals surface area contributed by atoms with Crippen LogP contribution in [0.1, 0.15) is 23.3 Å². The first-order valence-electron chi connectivity index (χ1n) is 6.84. The number of rotatable bonds is 4. The summed E-state index contributed by atoms with van der Waals surface area (Å²) in [5.74, 6) is 0.668. The van der Waals surface area contributed by atoms with E-state index in [2.05, 4.69) is 15.5 Å². The number of hydrogen-bond donors (Lipinski definition) is 2. The number of H-pyrrole nitrogens is 1. The zero-order valence-electron chi connectivity index (χ0n) is 11.4. The standard InChI is InChI=1S/C14H18N4O2/c1-15-9-10-4-2-6-18(10)14(19)12-8-11(16-17-12)13-5-3-7-20-13/h3,5,7-8,10,15H,2,4,6,9H2,1H3,(H,16,17). The highest BCUT2D eigenvalue weighted by Crippen LogP contribution is 2.22. The normalized spacial score (nSPS) is 18.6. The lowest BCUT2D eigenvalue weighted by molar-refractivity contribution is 0.0731. The Morgan fingerprint density at radius 3 is 3.30 bits per heavy atom. The second-order valence-electron chi connectivity index (χ2n) is 5.00. The molecule has 0 radical (unpaired) electrons. The second-order valence-corrected chi connectivity index (χ2v) is 5.00. The number of aromatic amines is 1. The Kier molecular flexibility index (Phi) is 3.56. The fraction of sp³-hybridized carbons (Fsp3) is 0.429. The fourth-order valence-electron chi connectivity index (χ4n) is 2.69. The minimum absolute atomic E-state index is 0.0168. The molecule has 1 saturated heterocycles. The predicted molar refractivity (Wildman–Crippen MR) is 74.3 cm³/mol. The van der Waals surface area contributed by atoms with Gasteiger partial charge in [-0.05, 0) is 32.0 Å². The third-order valence-corrected chi connectivity index (χ3v) is 3.66. The lowest BCUT2D eigenvalue weighted by Gasteiger charge is -2.23. The molecule has 1 atom stereocenters. The maximum absolute atomic E-state index is 12.5. The van der Waals surface area contributed by atoms with Gasteiger partial charge in [-0.1, -0.05) is 0 Å². The number of aromatic nitrogens is 2. The van der Waals surface area contributed by atoms with Crippen molar-refractivity contribution in [2.45, 2.75) is 18.9 Å². The maximum atomic E-state index is 12.5. The van der Waals surface area contributed by atoms with Crippen molar-refractivity contribution in [2.75, 3.05) is 20.1 Å². The van der Waals surface area contributed by atoms with Gasteiger partial charge in [-0.25, -0.2) is 0 Å². The van der Waals surface area contributed by atoms with Crippen molar-refractivity contribution in [2.24, 2.45) is 0 Å². The van der Waals surface area contributed by atoms with Crippen molar-refractivity contribution in [1.29, 1.82) is 0 Å². The van der Waals surface area contributed by atoms with Gasteiger partial charge in [-0.3, -0.25) is 9.89 Å². The minimum atomic E-state index is -0.0168. The molecule has 1 fully saturated rings. The molecule has 0 aromatic carbocycles. The first kappa shape index (κ1) is 12.9. The molecule has 1 aliphatic heterocycles. The number of nitrogens with one attached hydrogen (secondary N) is 2. The number of likely N-dealkylation sites (N-methyl/N-ethyl adjacent to an activating group) is 1. The van der Waals surface area contributed by atoms with Crippen LogP contribution in [-0.2, 0) is 0 Å². The minimum Gasteiger partial charge on any atom is -0.463 e. The van der Waals surface area contributed by atoms with Crippen LogP contribution in [0, 0.1) is 0 Å². The third kappa shape index (κ3) is 2.34. The smallest absolute Gasteiger partial charge is 0.274 e. The average Bonchev–Trinajstić information content (AvgIpc) is 3.19. The first-order chi connectivity index (χ1) is 9.79. The van der Waals surface area contributed by atoms with Crippen LogP contribution >= 0.6 is 0 Å². The number of nitrogens with zero attached hydrogens (tertiary/aromatic N) is 2. The molecular weight excluding hydrogens is 256 g/mol. The lowest BCUT2D eigenvalue weighted by Crippen LogP contribution is -2.41. The van der Waals surface area contributed by atoms with Crippen molar-refractivity contribution < 1.29 is 9.21 Å². The molecule has 0 spiro atoms. The lowest BCUT2D eigenvalue weighted by atomic mass is 10.2. The Bertz CT molecular complexity index is 576. The molecule has 0 bridgehead atoms. The molecule has 1 amide bonds. The highest BCUT2D eigenvalue weighted by molar-refractivity contribution is 5.93. The summed E-state index contributed by atoms with van der Waals surface area (Å²) in [4.78, 5) is 14.4. The zero-order valence-corrected chi connectivity index (χ0v) is 11.4. The van der Waals surface area contributed by atoms with Crippen LogP contribution in [0.25, 0.3) is 11.5 Å². The van der Waals surface area contributed by atoms with Crippen LogP contribution in [0.15, 0.2) is 28.9 Å². The van der Waals surface area contributed by atoms with Gasteiger partial charge in [-0.2, -0.15) is 5.10 Å². The summed E-state index contributed by atoms with van der Waals surface area (Å²) in [5.41, 5.74) is 1.17. The summed E-state index contributed by atoms with van der Waals surface area (Å²) in [7, 11) is 1.91. The Balaban J connectivity index is 1.77. The Morgan fingerprint density at radius 1 is 1.65 bits per heavy atom. The van der Waals surface area contributed by atoms with Crippen molar-refractivity contribution in [3.8, 4) is 11.5 Å². The van der Waals surface area contributed by atoms with Gasteiger partial charge >= 0.3 is 0 Å². The molecule has 2 N–H and O–H groups in total. The maximum Gasteiger partial charge on any atom is 0.274 e. The molecule has 20 heavy (non-hydrogen) atoms. The van der Waals surface area contributed by atoms with Crippen molar-refractivity contribution in [3.63, 3.8) is 0 Å². The van der Waals surface area contributed by atoms with Crippen LogP contribution < -0.4 is 5.32 Å². The quantitative estimate of drug-likeness (QED) is 0.886. The second kappa shape index (κ2) is 5.50. The zero-order chi connectivity index (χ0) is 13.9. The monoisotopic (exact) mass is 274 g/mol. The third-order valence-electron chi connectivity index (χ3n) is 3.66. The number of likely N-dealkylation sites (tertiary alicyclic amines) is 1. The summed E-state index contributed by atoms with van der Waals surface area (Å²) in [6.07, 6.45) is 3.69. The van der Waals surface area contributed by atoms with Crippen molar-refractivity contribution in [1.82, 2.24) is 20.4 Å². The molecule has 6 heteroatoms. The van der Waals surface area contributed by atoms with Gasteiger partial charge in [0.25, 0.3) is 5.91 Å². The number of carbonyl (C=O) groups is 1. The Morgan fingerprint density at radius 2 is 2.55 bits per heavy atom. The van der Waals surface area contributed by atoms with E-state index in [0.717, 1.165) is 31.6 Å². The van der Waals surface area contributed by atoms with E-state index < -0.39 is 0 Å². The van der Waals surface area contributed by atoms with Gasteiger partial charge in [0, 0.05) is 25.2 Å². The summed E-state index contributed by atoms with van der Waals surface area (Å²) >= 11 is 0. The molecule has 2 aromatic rings. The fourth-order valence-corrected chi connectivity index (χ4v) is 2.69. The van der Waals surface area contributed by atoms with Crippen LogP contribution in [0.4, 0.5) is 0 Å². The van der Waals surface area contributed by atoms with Gasteiger partial charge in [0.2, 0.25) is 0 Å². The van der Waals surface area contributed by atoms with Gasteiger partial charge in [0.1, 0.15) is 5.69 Å². The molecule has 0 saturated carbocycles. The number of hydrogen-bond acceptors (Lipinski definition) is 4. The van der Waals surface area contributed by atoms with Gasteiger partial charge in [-0.15, -0.1) is 0 Å². The van der Waals surface area contributed by atoms with E-state index in [1.165, 1.54) is 0 Å². The SMILES string of the molecule is CNCC1CCCN1C(=O)c1cc(-c2ccco2)[nH]n1. The predicted octanol–water partition coefficient (Wildman–Crippen LogP) is 1.49. The Hall–Kier alpha value is -2.08. The van der Waals surface area contributed by atoms with Crippen molar-refractivity contribution >= 4 is 5.91 Å². The molecule has 1 unspecified atom stereocenters. The van der Waals surface area contributed by atoms with Gasteiger partial charge in [0.15, 0.2) is 11.5 Å². The summed E-state index contributed by atoms with van der Waals surface area (Å²) in [5, 5.41) is 10.1. The highest BCUT2D eigenvalue weighted by Gasteiger charge is 2.30. The first-order valence-corrected chi connectivity index (χ1v) is 6.84. The van der Waals surface area contributed by atoms with Crippen LogP contribution in [-0.4, -0.2) is 47.2 Å². The summed E-state index contributed by atoms with van der Waals surface area (Å²) < 4.78 is 5.29. The number of furan rings is 1. The van der Waals surface area contributed by atoms with Crippen LogP contribution in [0.2, 0.25) is 0 Å².